The van der Waals surface area contributed by atoms with Crippen LogP contribution >= 0.6 is 0 Å². The molecule has 0 spiro atoms. The maximum absolute atomic E-state index is 14.6. The number of hydrogen-bond acceptors (Lipinski definition) is 7. The number of morpholine rings is 1. The van der Waals surface area contributed by atoms with Crippen molar-refractivity contribution in [3.8, 4) is 5.82 Å². The number of alkyl halides is 1. The normalized spacial score (nSPS) is 24.2. The molecule has 2 aliphatic rings. The molecule has 1 aromatic carbocycles. The fourth-order valence-corrected chi connectivity index (χ4v) is 4.68. The minimum atomic E-state index is -1.01. The van der Waals surface area contributed by atoms with E-state index in [2.05, 4.69) is 26.0 Å². The fourth-order valence-electron chi connectivity index (χ4n) is 4.68. The van der Waals surface area contributed by atoms with Crippen LogP contribution in [0.3, 0.4) is 0 Å². The first-order chi connectivity index (χ1) is 15.5. The summed E-state index contributed by atoms with van der Waals surface area (Å²) in [5.74, 6) is 1.89. The van der Waals surface area contributed by atoms with Crippen LogP contribution in [0.1, 0.15) is 29.3 Å². The van der Waals surface area contributed by atoms with Gasteiger partial charge in [-0.15, -0.1) is 0 Å². The second-order valence-corrected chi connectivity index (χ2v) is 8.56. The third kappa shape index (κ3) is 3.96. The number of aliphatic hydroxyl groups excluding tert-OH is 1. The zero-order valence-corrected chi connectivity index (χ0v) is 18.4. The SMILES string of the molecule is Cc1nc(N2CCOC(CO)C2)cc(-n2ncc3cc(C)c(C4CCOCC4F)cc32)n1. The van der Waals surface area contributed by atoms with Gasteiger partial charge in [0.05, 0.1) is 37.6 Å². The highest BCUT2D eigenvalue weighted by Gasteiger charge is 2.29. The van der Waals surface area contributed by atoms with Crippen molar-refractivity contribution >= 4 is 16.7 Å². The van der Waals surface area contributed by atoms with E-state index in [1.54, 1.807) is 4.68 Å². The van der Waals surface area contributed by atoms with Gasteiger partial charge in [-0.1, -0.05) is 0 Å². The van der Waals surface area contributed by atoms with Crippen LogP contribution in [-0.2, 0) is 9.47 Å². The molecule has 0 amide bonds. The predicted molar refractivity (Wildman–Crippen MR) is 118 cm³/mol. The van der Waals surface area contributed by atoms with Crippen LogP contribution in [0.5, 0.6) is 0 Å². The molecule has 1 N–H and O–H groups in total. The van der Waals surface area contributed by atoms with Crippen LogP contribution < -0.4 is 4.90 Å². The molecule has 2 saturated heterocycles. The van der Waals surface area contributed by atoms with Crippen LogP contribution in [-0.4, -0.2) is 76.6 Å². The summed E-state index contributed by atoms with van der Waals surface area (Å²) >= 11 is 0. The lowest BCUT2D eigenvalue weighted by Crippen LogP contribution is -2.44. The maximum atomic E-state index is 14.6. The van der Waals surface area contributed by atoms with E-state index >= 15 is 0 Å². The molecule has 8 nitrogen and oxygen atoms in total. The quantitative estimate of drug-likeness (QED) is 0.666. The monoisotopic (exact) mass is 441 g/mol. The average Bonchev–Trinajstić information content (AvgIpc) is 3.21. The molecule has 2 aliphatic heterocycles. The molecule has 0 saturated carbocycles. The number of anilines is 1. The van der Waals surface area contributed by atoms with Crippen LogP contribution in [0.15, 0.2) is 24.4 Å². The van der Waals surface area contributed by atoms with Gasteiger partial charge in [0.25, 0.3) is 0 Å². The van der Waals surface area contributed by atoms with Crippen molar-refractivity contribution in [3.63, 3.8) is 0 Å². The second-order valence-electron chi connectivity index (χ2n) is 8.56. The number of ether oxygens (including phenoxy) is 2. The van der Waals surface area contributed by atoms with E-state index < -0.39 is 6.17 Å². The van der Waals surface area contributed by atoms with Gasteiger partial charge in [0, 0.05) is 37.1 Å². The highest BCUT2D eigenvalue weighted by molar-refractivity contribution is 5.82. The minimum absolute atomic E-state index is 0.0267. The first-order valence-electron chi connectivity index (χ1n) is 11.1. The Morgan fingerprint density at radius 2 is 2.00 bits per heavy atom. The van der Waals surface area contributed by atoms with E-state index in [1.807, 2.05) is 32.2 Å². The number of benzene rings is 1. The van der Waals surface area contributed by atoms with Gasteiger partial charge in [-0.2, -0.15) is 5.10 Å². The van der Waals surface area contributed by atoms with Crippen molar-refractivity contribution in [1.82, 2.24) is 19.7 Å². The largest absolute Gasteiger partial charge is 0.394 e. The molecule has 5 rings (SSSR count). The van der Waals surface area contributed by atoms with Gasteiger partial charge in [-0.05, 0) is 43.5 Å². The molecule has 9 heteroatoms. The molecule has 2 fully saturated rings. The highest BCUT2D eigenvalue weighted by atomic mass is 19.1. The summed E-state index contributed by atoms with van der Waals surface area (Å²) in [5.41, 5.74) is 2.96. The Balaban J connectivity index is 1.54. The van der Waals surface area contributed by atoms with Crippen LogP contribution in [0.2, 0.25) is 0 Å². The third-order valence-electron chi connectivity index (χ3n) is 6.34. The van der Waals surface area contributed by atoms with Crippen LogP contribution in [0, 0.1) is 13.8 Å². The number of rotatable bonds is 4. The van der Waals surface area contributed by atoms with E-state index in [9.17, 15) is 9.50 Å². The minimum Gasteiger partial charge on any atom is -0.394 e. The van der Waals surface area contributed by atoms with Gasteiger partial charge >= 0.3 is 0 Å². The molecule has 3 aromatic rings. The number of nitrogens with zero attached hydrogens (tertiary/aromatic N) is 5. The van der Waals surface area contributed by atoms with Crippen LogP contribution in [0.25, 0.3) is 16.7 Å². The Morgan fingerprint density at radius 1 is 1.16 bits per heavy atom. The van der Waals surface area contributed by atoms with Gasteiger partial charge < -0.3 is 19.5 Å². The van der Waals surface area contributed by atoms with E-state index in [0.717, 1.165) is 27.8 Å². The fraction of sp³-hybridized carbons (Fsp3) is 0.522. The van der Waals surface area contributed by atoms with E-state index in [1.165, 1.54) is 0 Å². The van der Waals surface area contributed by atoms with Gasteiger partial charge in [0.1, 0.15) is 17.8 Å². The molecule has 0 bridgehead atoms. The van der Waals surface area contributed by atoms with Crippen molar-refractivity contribution < 1.29 is 19.0 Å². The lowest BCUT2D eigenvalue weighted by atomic mass is 9.87. The van der Waals surface area contributed by atoms with Crippen LogP contribution in [0.4, 0.5) is 10.2 Å². The molecule has 4 heterocycles. The lowest BCUT2D eigenvalue weighted by molar-refractivity contribution is 0.00335. The lowest BCUT2D eigenvalue weighted by Gasteiger charge is -2.33. The summed E-state index contributed by atoms with van der Waals surface area (Å²) in [7, 11) is 0. The number of aliphatic hydroxyl groups is 1. The standard InChI is InChI=1S/C23H28FN5O3/c1-14-7-16-10-25-29(21(16)8-19(14)18-3-5-31-13-20(18)24)23-9-22(26-15(2)27-23)28-4-6-32-17(11-28)12-30/h7-10,17-18,20,30H,3-6,11-13H2,1-2H3. The molecular weight excluding hydrogens is 413 g/mol. The van der Waals surface area contributed by atoms with Gasteiger partial charge in [0.15, 0.2) is 5.82 Å². The third-order valence-corrected chi connectivity index (χ3v) is 6.34. The number of hydrogen-bond donors (Lipinski definition) is 1. The Hall–Kier alpha value is -2.62. The van der Waals surface area contributed by atoms with Gasteiger partial charge in [0.2, 0.25) is 0 Å². The first kappa shape index (κ1) is 21.2. The summed E-state index contributed by atoms with van der Waals surface area (Å²) in [5, 5.41) is 15.1. The topological polar surface area (TPSA) is 85.5 Å². The van der Waals surface area contributed by atoms with E-state index in [4.69, 9.17) is 9.47 Å². The summed E-state index contributed by atoms with van der Waals surface area (Å²) in [4.78, 5) is 11.3. The van der Waals surface area contributed by atoms with E-state index in [0.29, 0.717) is 44.4 Å². The van der Waals surface area contributed by atoms with Crippen molar-refractivity contribution in [2.75, 3.05) is 44.4 Å². The molecule has 0 aliphatic carbocycles. The Morgan fingerprint density at radius 3 is 2.81 bits per heavy atom. The number of fused-ring (bicyclic) bond motifs is 1. The molecule has 3 unspecified atom stereocenters. The molecule has 32 heavy (non-hydrogen) atoms. The molecule has 0 radical (unpaired) electrons. The molecule has 170 valence electrons. The Bertz CT molecular complexity index is 1120. The van der Waals surface area contributed by atoms with E-state index in [-0.39, 0.29) is 25.2 Å². The van der Waals surface area contributed by atoms with Gasteiger partial charge in [-0.25, -0.2) is 19.0 Å². The number of halogens is 1. The molecule has 2 aromatic heterocycles. The number of aromatic nitrogens is 4. The average molecular weight is 442 g/mol. The predicted octanol–water partition coefficient (Wildman–Crippen LogP) is 2.47. The van der Waals surface area contributed by atoms with Crippen molar-refractivity contribution in [2.45, 2.75) is 38.5 Å². The summed E-state index contributed by atoms with van der Waals surface area (Å²) in [6.07, 6.45) is 1.25. The smallest absolute Gasteiger partial charge is 0.159 e. The van der Waals surface area contributed by atoms with Crippen molar-refractivity contribution in [1.29, 1.82) is 0 Å². The zero-order valence-electron chi connectivity index (χ0n) is 18.4. The van der Waals surface area contributed by atoms with Gasteiger partial charge in [-0.3, -0.25) is 0 Å². The van der Waals surface area contributed by atoms with Crippen molar-refractivity contribution in [3.05, 3.63) is 41.3 Å². The molecular formula is C23H28FN5O3. The Kier molecular flexibility index (Phi) is 5.79. The number of aryl methyl sites for hydroxylation is 2. The Labute approximate surface area is 186 Å². The van der Waals surface area contributed by atoms with Crippen molar-refractivity contribution in [2.24, 2.45) is 0 Å². The second kappa shape index (κ2) is 8.73. The maximum Gasteiger partial charge on any atom is 0.159 e. The zero-order chi connectivity index (χ0) is 22.2. The highest BCUT2D eigenvalue weighted by Crippen LogP contribution is 2.34. The first-order valence-corrected chi connectivity index (χ1v) is 11.1. The molecule has 3 atom stereocenters. The summed E-state index contributed by atoms with van der Waals surface area (Å²) in [6, 6.07) is 6.03. The summed E-state index contributed by atoms with van der Waals surface area (Å²) in [6.45, 7) is 6.36. The summed E-state index contributed by atoms with van der Waals surface area (Å²) < 4.78 is 27.3.